The number of benzene rings is 1. The summed E-state index contributed by atoms with van der Waals surface area (Å²) < 4.78 is 2.15. The molecule has 0 radical (unpaired) electrons. The van der Waals surface area contributed by atoms with Crippen LogP contribution in [0.5, 0.6) is 0 Å². The largest absolute Gasteiger partial charge is 0.353 e. The molecule has 9 heteroatoms. The van der Waals surface area contributed by atoms with E-state index >= 15 is 0 Å². The Morgan fingerprint density at radius 2 is 2.10 bits per heavy atom. The minimum Gasteiger partial charge on any atom is -0.353 e. The van der Waals surface area contributed by atoms with E-state index in [9.17, 15) is 9.59 Å². The van der Waals surface area contributed by atoms with Crippen LogP contribution in [0.1, 0.15) is 25.8 Å². The average molecular weight is 473 g/mol. The molecule has 0 saturated heterocycles. The maximum Gasteiger partial charge on any atom is 0.272 e. The lowest BCUT2D eigenvalue weighted by atomic mass is 10.2. The minimum atomic E-state index is -0.155. The molecule has 1 amide bonds. The number of fused-ring (bicyclic) bond motifs is 3. The Morgan fingerprint density at radius 1 is 1.29 bits per heavy atom. The Kier molecular flexibility index (Phi) is 6.60. The lowest BCUT2D eigenvalue weighted by Crippen LogP contribution is -2.33. The first-order valence-corrected chi connectivity index (χ1v) is 12.1. The van der Waals surface area contributed by atoms with Gasteiger partial charge < -0.3 is 5.32 Å². The number of carbonyl (C=O) groups excluding carboxylic acids is 1. The zero-order valence-electron chi connectivity index (χ0n) is 17.1. The van der Waals surface area contributed by atoms with Crippen LogP contribution in [0, 0.1) is 0 Å². The summed E-state index contributed by atoms with van der Waals surface area (Å²) in [4.78, 5) is 35.7. The average Bonchev–Trinajstić information content (AvgIpc) is 3.14. The summed E-state index contributed by atoms with van der Waals surface area (Å²) in [5.74, 6) is 0.0836. The number of carbonyl (C=O) groups is 1. The number of thiophene rings is 1. The molecule has 1 unspecified atom stereocenters. The maximum absolute atomic E-state index is 13.5. The van der Waals surface area contributed by atoms with Crippen molar-refractivity contribution >= 4 is 61.0 Å². The van der Waals surface area contributed by atoms with E-state index in [1.54, 1.807) is 16.8 Å². The van der Waals surface area contributed by atoms with Crippen LogP contribution in [-0.2, 0) is 11.3 Å². The molecule has 3 heterocycles. The monoisotopic (exact) mass is 472 g/mol. The Bertz CT molecular complexity index is 1320. The van der Waals surface area contributed by atoms with Gasteiger partial charge in [-0.1, -0.05) is 48.5 Å². The van der Waals surface area contributed by atoms with Crippen molar-refractivity contribution in [2.75, 3.05) is 5.75 Å². The summed E-state index contributed by atoms with van der Waals surface area (Å²) in [5, 5.41) is 4.86. The summed E-state index contributed by atoms with van der Waals surface area (Å²) in [5.41, 5.74) is 1.29. The standard InChI is InChI=1S/C22H21ClN4O2S2/c1-3-13(2)25-17(28)12-30-22-26-18-15-8-6-10-24-20(15)31-19(18)21(29)27(22)11-14-7-4-5-9-16(14)23/h4-10,13H,3,11-12H2,1-2H3,(H,25,28). The maximum atomic E-state index is 13.5. The van der Waals surface area contributed by atoms with E-state index in [0.717, 1.165) is 22.2 Å². The molecule has 31 heavy (non-hydrogen) atoms. The van der Waals surface area contributed by atoms with Crippen LogP contribution < -0.4 is 10.9 Å². The molecular weight excluding hydrogens is 452 g/mol. The van der Waals surface area contributed by atoms with Gasteiger partial charge in [0.1, 0.15) is 9.53 Å². The van der Waals surface area contributed by atoms with E-state index < -0.39 is 0 Å². The van der Waals surface area contributed by atoms with Gasteiger partial charge in [0.2, 0.25) is 5.91 Å². The third kappa shape index (κ3) is 4.61. The number of amides is 1. The van der Waals surface area contributed by atoms with Crippen LogP contribution in [0.25, 0.3) is 20.4 Å². The van der Waals surface area contributed by atoms with E-state index in [4.69, 9.17) is 16.6 Å². The first kappa shape index (κ1) is 21.8. The molecule has 6 nitrogen and oxygen atoms in total. The van der Waals surface area contributed by atoms with Crippen molar-refractivity contribution < 1.29 is 4.79 Å². The van der Waals surface area contributed by atoms with Crippen molar-refractivity contribution in [1.82, 2.24) is 19.9 Å². The fourth-order valence-corrected chi connectivity index (χ4v) is 5.17. The van der Waals surface area contributed by atoms with E-state index in [2.05, 4.69) is 10.3 Å². The molecule has 0 spiro atoms. The van der Waals surface area contributed by atoms with Gasteiger partial charge in [-0.3, -0.25) is 14.2 Å². The Balaban J connectivity index is 1.78. The number of hydrogen-bond acceptors (Lipinski definition) is 6. The van der Waals surface area contributed by atoms with Crippen LogP contribution in [-0.4, -0.2) is 32.2 Å². The fourth-order valence-electron chi connectivity index (χ4n) is 3.14. The number of halogens is 1. The van der Waals surface area contributed by atoms with Crippen LogP contribution in [0.3, 0.4) is 0 Å². The first-order chi connectivity index (χ1) is 15.0. The second kappa shape index (κ2) is 9.38. The molecule has 4 aromatic rings. The normalized spacial score (nSPS) is 12.4. The van der Waals surface area contributed by atoms with Gasteiger partial charge in [0.15, 0.2) is 5.16 Å². The molecule has 0 fully saturated rings. The van der Waals surface area contributed by atoms with Crippen LogP contribution in [0.15, 0.2) is 52.5 Å². The van der Waals surface area contributed by atoms with Gasteiger partial charge in [0.05, 0.1) is 17.8 Å². The summed E-state index contributed by atoms with van der Waals surface area (Å²) in [6, 6.07) is 11.3. The number of hydrogen-bond donors (Lipinski definition) is 1. The van der Waals surface area contributed by atoms with Gasteiger partial charge in [-0.2, -0.15) is 0 Å². The number of nitrogens with zero attached hydrogens (tertiary/aromatic N) is 3. The van der Waals surface area contributed by atoms with Gasteiger partial charge in [-0.25, -0.2) is 9.97 Å². The van der Waals surface area contributed by atoms with Crippen molar-refractivity contribution in [2.45, 2.75) is 38.0 Å². The summed E-state index contributed by atoms with van der Waals surface area (Å²) in [7, 11) is 0. The second-order valence-electron chi connectivity index (χ2n) is 7.18. The van der Waals surface area contributed by atoms with Crippen LogP contribution >= 0.6 is 34.7 Å². The lowest BCUT2D eigenvalue weighted by molar-refractivity contribution is -0.119. The Hall–Kier alpha value is -2.42. The molecule has 3 aromatic heterocycles. The number of thioether (sulfide) groups is 1. The van der Waals surface area contributed by atoms with E-state index in [1.165, 1.54) is 23.1 Å². The highest BCUT2D eigenvalue weighted by atomic mass is 35.5. The zero-order valence-corrected chi connectivity index (χ0v) is 19.5. The highest BCUT2D eigenvalue weighted by molar-refractivity contribution is 7.99. The predicted octanol–water partition coefficient (Wildman–Crippen LogP) is 4.71. The van der Waals surface area contributed by atoms with Crippen LogP contribution in [0.2, 0.25) is 5.02 Å². The van der Waals surface area contributed by atoms with Gasteiger partial charge in [-0.05, 0) is 37.1 Å². The number of nitrogens with one attached hydrogen (secondary N) is 1. The van der Waals surface area contributed by atoms with Gasteiger partial charge in [0.25, 0.3) is 5.56 Å². The second-order valence-corrected chi connectivity index (χ2v) is 9.53. The third-order valence-electron chi connectivity index (χ3n) is 4.96. The topological polar surface area (TPSA) is 76.9 Å². The minimum absolute atomic E-state index is 0.0881. The van der Waals surface area contributed by atoms with Crippen molar-refractivity contribution in [3.05, 3.63) is 63.5 Å². The predicted molar refractivity (Wildman–Crippen MR) is 128 cm³/mol. The SMILES string of the molecule is CCC(C)NC(=O)CSc1nc2c(sc3ncccc32)c(=O)n1Cc1ccccc1Cl. The zero-order chi connectivity index (χ0) is 22.0. The summed E-state index contributed by atoms with van der Waals surface area (Å²) in [6.45, 7) is 4.26. The molecule has 1 aromatic carbocycles. The number of aromatic nitrogens is 3. The molecular formula is C22H21ClN4O2S2. The molecule has 0 saturated carbocycles. The Morgan fingerprint density at radius 3 is 2.87 bits per heavy atom. The highest BCUT2D eigenvalue weighted by Gasteiger charge is 2.19. The van der Waals surface area contributed by atoms with Gasteiger partial charge >= 0.3 is 0 Å². The van der Waals surface area contributed by atoms with Crippen LogP contribution in [0.4, 0.5) is 0 Å². The van der Waals surface area contributed by atoms with Crippen molar-refractivity contribution in [3.8, 4) is 0 Å². The molecule has 0 bridgehead atoms. The van der Waals surface area contributed by atoms with E-state index in [1.807, 2.05) is 44.2 Å². The van der Waals surface area contributed by atoms with Crippen molar-refractivity contribution in [2.24, 2.45) is 0 Å². The lowest BCUT2D eigenvalue weighted by Gasteiger charge is -2.14. The van der Waals surface area contributed by atoms with E-state index in [-0.39, 0.29) is 29.8 Å². The molecule has 0 aliphatic heterocycles. The number of rotatable bonds is 7. The van der Waals surface area contributed by atoms with Crippen molar-refractivity contribution in [3.63, 3.8) is 0 Å². The third-order valence-corrected chi connectivity index (χ3v) is 7.39. The highest BCUT2D eigenvalue weighted by Crippen LogP contribution is 2.31. The van der Waals surface area contributed by atoms with Gasteiger partial charge in [-0.15, -0.1) is 11.3 Å². The summed E-state index contributed by atoms with van der Waals surface area (Å²) >= 11 is 8.94. The molecule has 1 atom stereocenters. The van der Waals surface area contributed by atoms with E-state index in [0.29, 0.717) is 20.4 Å². The molecule has 4 rings (SSSR count). The molecule has 1 N–H and O–H groups in total. The number of pyridine rings is 1. The first-order valence-electron chi connectivity index (χ1n) is 9.91. The smallest absolute Gasteiger partial charge is 0.272 e. The molecule has 160 valence electrons. The van der Waals surface area contributed by atoms with Crippen molar-refractivity contribution in [1.29, 1.82) is 0 Å². The summed E-state index contributed by atoms with van der Waals surface area (Å²) in [6.07, 6.45) is 2.56. The molecule has 0 aliphatic rings. The molecule has 0 aliphatic carbocycles. The van der Waals surface area contributed by atoms with Gasteiger partial charge in [0, 0.05) is 22.6 Å². The Labute approximate surface area is 192 Å². The quantitative estimate of drug-likeness (QED) is 0.311. The fraction of sp³-hybridized carbons (Fsp3) is 0.273.